The third-order valence-electron chi connectivity index (χ3n) is 6.99. The van der Waals surface area contributed by atoms with E-state index in [1.54, 1.807) is 29.7 Å². The van der Waals surface area contributed by atoms with E-state index >= 15 is 0 Å². The van der Waals surface area contributed by atoms with Crippen LogP contribution in [0, 0.1) is 0 Å². The largest absolute Gasteiger partial charge is 0.359 e. The Morgan fingerprint density at radius 1 is 1.00 bits per heavy atom. The standard InChI is InChI=1S/C30H40N8O2/c1-30(2,3)26-18-25(38(6)36-26)29(40)34-23(10-8-7-9-11-27(39)31-4)28-32-19-24(33-28)21-14-12-20(13-15-21)22-16-17-37(5)35-22/h12-19,23H,7-11H2,1-6H3,(H,31,39)(H,32,33)(H,34,40)/t23-/m0/s1. The summed E-state index contributed by atoms with van der Waals surface area (Å²) in [5.41, 5.74) is 5.03. The first-order valence-electron chi connectivity index (χ1n) is 13.8. The fraction of sp³-hybridized carbons (Fsp3) is 0.433. The molecule has 0 spiro atoms. The summed E-state index contributed by atoms with van der Waals surface area (Å²) in [6, 6.07) is 11.7. The van der Waals surface area contributed by atoms with E-state index in [0.29, 0.717) is 24.4 Å². The first-order valence-corrected chi connectivity index (χ1v) is 13.8. The number of rotatable bonds is 11. The molecule has 2 amide bonds. The van der Waals surface area contributed by atoms with Crippen LogP contribution in [0.5, 0.6) is 0 Å². The number of hydrogen-bond donors (Lipinski definition) is 3. The summed E-state index contributed by atoms with van der Waals surface area (Å²) >= 11 is 0. The number of benzene rings is 1. The Bertz CT molecular complexity index is 1440. The number of aryl methyl sites for hydroxylation is 2. The van der Waals surface area contributed by atoms with Crippen molar-refractivity contribution in [2.45, 2.75) is 64.3 Å². The molecule has 0 saturated carbocycles. The number of unbranched alkanes of at least 4 members (excludes halogenated alkanes) is 2. The molecule has 3 heterocycles. The average Bonchev–Trinajstić information content (AvgIpc) is 3.67. The van der Waals surface area contributed by atoms with Crippen molar-refractivity contribution in [3.8, 4) is 22.5 Å². The molecule has 4 aromatic rings. The van der Waals surface area contributed by atoms with Crippen molar-refractivity contribution in [1.82, 2.24) is 40.2 Å². The fourth-order valence-corrected chi connectivity index (χ4v) is 4.54. The molecule has 0 saturated heterocycles. The Labute approximate surface area is 235 Å². The first-order chi connectivity index (χ1) is 19.0. The van der Waals surface area contributed by atoms with E-state index in [2.05, 4.69) is 51.6 Å². The summed E-state index contributed by atoms with van der Waals surface area (Å²) in [7, 11) is 5.34. The van der Waals surface area contributed by atoms with Crippen LogP contribution in [0.2, 0.25) is 0 Å². The molecule has 0 unspecified atom stereocenters. The lowest BCUT2D eigenvalue weighted by molar-refractivity contribution is -0.120. The average molecular weight is 545 g/mol. The summed E-state index contributed by atoms with van der Waals surface area (Å²) in [5.74, 6) is 0.542. The molecule has 0 radical (unpaired) electrons. The number of carbonyl (C=O) groups excluding carboxylic acids is 2. The van der Waals surface area contributed by atoms with Gasteiger partial charge in [-0.25, -0.2) is 4.98 Å². The number of amides is 2. The molecule has 4 rings (SSSR count). The molecule has 10 heteroatoms. The zero-order valence-electron chi connectivity index (χ0n) is 24.3. The number of imidazole rings is 1. The molecule has 3 N–H and O–H groups in total. The van der Waals surface area contributed by atoms with Gasteiger partial charge in [0.1, 0.15) is 11.5 Å². The molecule has 10 nitrogen and oxygen atoms in total. The highest BCUT2D eigenvalue weighted by Crippen LogP contribution is 2.26. The van der Waals surface area contributed by atoms with Gasteiger partial charge in [0.05, 0.1) is 29.3 Å². The van der Waals surface area contributed by atoms with Crippen molar-refractivity contribution >= 4 is 11.8 Å². The maximum absolute atomic E-state index is 13.4. The van der Waals surface area contributed by atoms with E-state index in [1.165, 1.54) is 0 Å². The highest BCUT2D eigenvalue weighted by atomic mass is 16.2. The van der Waals surface area contributed by atoms with E-state index < -0.39 is 0 Å². The second kappa shape index (κ2) is 12.3. The smallest absolute Gasteiger partial charge is 0.270 e. The Balaban J connectivity index is 1.51. The van der Waals surface area contributed by atoms with Crippen molar-refractivity contribution in [2.75, 3.05) is 7.05 Å². The van der Waals surface area contributed by atoms with E-state index in [4.69, 9.17) is 0 Å². The molecule has 0 fully saturated rings. The lowest BCUT2D eigenvalue weighted by atomic mass is 9.92. The van der Waals surface area contributed by atoms with Gasteiger partial charge >= 0.3 is 0 Å². The zero-order chi connectivity index (χ0) is 28.9. The van der Waals surface area contributed by atoms with E-state index in [1.807, 2.05) is 49.6 Å². The van der Waals surface area contributed by atoms with Crippen LogP contribution < -0.4 is 10.6 Å². The van der Waals surface area contributed by atoms with Gasteiger partial charge < -0.3 is 15.6 Å². The number of aromatic amines is 1. The van der Waals surface area contributed by atoms with Gasteiger partial charge in [-0.15, -0.1) is 0 Å². The van der Waals surface area contributed by atoms with Gasteiger partial charge in [0.25, 0.3) is 5.91 Å². The van der Waals surface area contributed by atoms with Crippen LogP contribution in [0.25, 0.3) is 22.5 Å². The van der Waals surface area contributed by atoms with E-state index in [0.717, 1.165) is 47.5 Å². The molecule has 1 atom stereocenters. The highest BCUT2D eigenvalue weighted by Gasteiger charge is 2.24. The number of H-pyrrole nitrogens is 1. The molecule has 0 aliphatic heterocycles. The zero-order valence-corrected chi connectivity index (χ0v) is 24.3. The minimum Gasteiger partial charge on any atom is -0.359 e. The van der Waals surface area contributed by atoms with Crippen LogP contribution in [0.4, 0.5) is 0 Å². The van der Waals surface area contributed by atoms with E-state index in [9.17, 15) is 9.59 Å². The number of nitrogens with one attached hydrogen (secondary N) is 3. The first kappa shape index (κ1) is 28.8. The molecule has 0 aliphatic carbocycles. The third-order valence-corrected chi connectivity index (χ3v) is 6.99. The lowest BCUT2D eigenvalue weighted by Gasteiger charge is -2.17. The molecule has 40 heavy (non-hydrogen) atoms. The number of hydrogen-bond acceptors (Lipinski definition) is 5. The summed E-state index contributed by atoms with van der Waals surface area (Å²) in [6.07, 6.45) is 7.43. The second-order valence-electron chi connectivity index (χ2n) is 11.2. The normalized spacial score (nSPS) is 12.3. The minimum atomic E-state index is -0.318. The van der Waals surface area contributed by atoms with Crippen LogP contribution in [0.3, 0.4) is 0 Å². The monoisotopic (exact) mass is 544 g/mol. The Kier molecular flexibility index (Phi) is 8.86. The SMILES string of the molecule is CNC(=O)CCCCC[C@H](NC(=O)c1cc(C(C)(C)C)nn1C)c1ncc(-c2ccc(-c3ccn(C)n3)cc2)[nH]1. The van der Waals surface area contributed by atoms with Gasteiger partial charge in [0, 0.05) is 44.7 Å². The van der Waals surface area contributed by atoms with Crippen molar-refractivity contribution in [2.24, 2.45) is 14.1 Å². The molecule has 3 aromatic heterocycles. The van der Waals surface area contributed by atoms with Crippen LogP contribution in [-0.2, 0) is 24.3 Å². The van der Waals surface area contributed by atoms with Gasteiger partial charge in [-0.2, -0.15) is 10.2 Å². The number of aromatic nitrogens is 6. The Morgan fingerprint density at radius 2 is 1.73 bits per heavy atom. The maximum Gasteiger partial charge on any atom is 0.270 e. The molecule has 0 aliphatic rings. The van der Waals surface area contributed by atoms with Crippen LogP contribution in [-0.4, -0.2) is 48.4 Å². The van der Waals surface area contributed by atoms with Crippen molar-refractivity contribution < 1.29 is 9.59 Å². The molecular weight excluding hydrogens is 504 g/mol. The van der Waals surface area contributed by atoms with E-state index in [-0.39, 0.29) is 23.3 Å². The van der Waals surface area contributed by atoms with Gasteiger partial charge in [-0.3, -0.25) is 19.0 Å². The maximum atomic E-state index is 13.4. The van der Waals surface area contributed by atoms with Gasteiger partial charge in [0.2, 0.25) is 5.91 Å². The summed E-state index contributed by atoms with van der Waals surface area (Å²) in [4.78, 5) is 33.1. The predicted molar refractivity (Wildman–Crippen MR) is 155 cm³/mol. The van der Waals surface area contributed by atoms with Gasteiger partial charge in [-0.1, -0.05) is 57.9 Å². The molecular formula is C30H40N8O2. The quantitative estimate of drug-likeness (QED) is 0.237. The van der Waals surface area contributed by atoms with Crippen molar-refractivity contribution in [1.29, 1.82) is 0 Å². The Hall–Kier alpha value is -4.21. The third kappa shape index (κ3) is 7.05. The van der Waals surface area contributed by atoms with Crippen LogP contribution >= 0.6 is 0 Å². The topological polar surface area (TPSA) is 123 Å². The second-order valence-corrected chi connectivity index (χ2v) is 11.2. The number of carbonyl (C=O) groups is 2. The summed E-state index contributed by atoms with van der Waals surface area (Å²) < 4.78 is 3.42. The molecule has 212 valence electrons. The molecule has 1 aromatic carbocycles. The van der Waals surface area contributed by atoms with Gasteiger partial charge in [0.15, 0.2) is 0 Å². The summed E-state index contributed by atoms with van der Waals surface area (Å²) in [5, 5.41) is 14.9. The van der Waals surface area contributed by atoms with Crippen LogP contribution in [0.1, 0.15) is 80.9 Å². The summed E-state index contributed by atoms with van der Waals surface area (Å²) in [6.45, 7) is 6.23. The predicted octanol–water partition coefficient (Wildman–Crippen LogP) is 4.68. The minimum absolute atomic E-state index is 0.0421. The van der Waals surface area contributed by atoms with Gasteiger partial charge in [-0.05, 0) is 30.5 Å². The molecule has 0 bridgehead atoms. The number of nitrogens with zero attached hydrogens (tertiary/aromatic N) is 5. The van der Waals surface area contributed by atoms with Crippen LogP contribution in [0.15, 0.2) is 48.8 Å². The highest BCUT2D eigenvalue weighted by molar-refractivity contribution is 5.93. The fourth-order valence-electron chi connectivity index (χ4n) is 4.54. The van der Waals surface area contributed by atoms with Crippen molar-refractivity contribution in [3.05, 3.63) is 66.0 Å². The Morgan fingerprint density at radius 3 is 2.35 bits per heavy atom. The van der Waals surface area contributed by atoms with Crippen molar-refractivity contribution in [3.63, 3.8) is 0 Å². The lowest BCUT2D eigenvalue weighted by Crippen LogP contribution is -2.30.